The summed E-state index contributed by atoms with van der Waals surface area (Å²) in [5, 5.41) is 2.36. The second-order valence-electron chi connectivity index (χ2n) is 15.8. The molecule has 2 unspecified atom stereocenters. The number of hydrogen-bond acceptors (Lipinski definition) is 11. The Bertz CT molecular complexity index is 994. The summed E-state index contributed by atoms with van der Waals surface area (Å²) in [5.74, 6) is -0.928. The maximum atomic E-state index is 12.7. The average molecular weight is 888 g/mol. The van der Waals surface area contributed by atoms with E-state index in [1.807, 2.05) is 0 Å². The van der Waals surface area contributed by atoms with Crippen LogP contribution < -0.4 is 39.8 Å². The van der Waals surface area contributed by atoms with Gasteiger partial charge in [-0.15, -0.1) is 0 Å². The van der Waals surface area contributed by atoms with E-state index in [-0.39, 0.29) is 76.2 Å². The molecule has 0 heterocycles. The van der Waals surface area contributed by atoms with Gasteiger partial charge in [0.25, 0.3) is 7.82 Å². The van der Waals surface area contributed by atoms with E-state index < -0.39 is 45.2 Å². The maximum Gasteiger partial charge on any atom is 1.00 e. The Balaban J connectivity index is -0.0000162. The Kier molecular flexibility index (Phi) is 52.2. The molecule has 0 rings (SSSR count). The van der Waals surface area contributed by atoms with Crippen molar-refractivity contribution >= 4 is 25.9 Å². The van der Waals surface area contributed by atoms with Gasteiger partial charge in [-0.2, -0.15) is 0 Å². The van der Waals surface area contributed by atoms with Crippen molar-refractivity contribution in [2.75, 3.05) is 46.7 Å². The summed E-state index contributed by atoms with van der Waals surface area (Å²) in [7, 11) is -3.34. The number of rotatable bonds is 45. The zero-order valence-electron chi connectivity index (χ0n) is 38.4. The molecule has 0 aliphatic heterocycles. The molecule has 0 saturated carbocycles. The van der Waals surface area contributed by atoms with E-state index in [9.17, 15) is 23.8 Å². The average Bonchev–Trinajstić information content (AvgIpc) is 3.20. The largest absolute Gasteiger partial charge is 1.00 e. The van der Waals surface area contributed by atoms with E-state index in [2.05, 4.69) is 19.2 Å². The molecule has 0 radical (unpaired) electrons. The zero-order chi connectivity index (χ0) is 42.6. The second kappa shape index (κ2) is 49.3. The number of methoxy groups -OCH3 is 1. The van der Waals surface area contributed by atoms with Gasteiger partial charge in [0.2, 0.25) is 0 Å². The van der Waals surface area contributed by atoms with Crippen molar-refractivity contribution in [1.82, 2.24) is 5.32 Å². The number of phosphoric ester groups is 1. The van der Waals surface area contributed by atoms with E-state index >= 15 is 0 Å². The van der Waals surface area contributed by atoms with Crippen LogP contribution in [-0.4, -0.2) is 70.8 Å². The van der Waals surface area contributed by atoms with Crippen molar-refractivity contribution in [3.63, 3.8) is 0 Å². The molecule has 0 fully saturated rings. The maximum absolute atomic E-state index is 12.7. The molecule has 1 N–H and O–H groups in total. The van der Waals surface area contributed by atoms with Gasteiger partial charge in [-0.05, 0) is 12.8 Å². The molecular weight excluding hydrogens is 796 g/mol. The van der Waals surface area contributed by atoms with Crippen LogP contribution in [0.15, 0.2) is 0 Å². The molecule has 0 aromatic heterocycles. The van der Waals surface area contributed by atoms with Crippen molar-refractivity contribution in [2.45, 2.75) is 233 Å². The van der Waals surface area contributed by atoms with Crippen molar-refractivity contribution in [2.24, 2.45) is 0 Å². The number of unbranched alkanes of at least 4 members (excludes halogenated alkanes) is 28. The first-order valence-corrected chi connectivity index (χ1v) is 25.0. The first-order chi connectivity index (χ1) is 28.2. The van der Waals surface area contributed by atoms with Crippen LogP contribution in [0.5, 0.6) is 0 Å². The third kappa shape index (κ3) is 48.3. The van der Waals surface area contributed by atoms with Gasteiger partial charge in [0, 0.05) is 26.5 Å². The van der Waals surface area contributed by atoms with E-state index in [0.29, 0.717) is 12.8 Å². The standard InChI is InChI=1S/C45H88NO11P.CH4.Na/c1-4-6-8-10-12-14-16-18-20-22-24-26-28-30-32-34-43(47)54-40-42(41-56-58(50,51)55-37-36-46-45(49)53-39-38-52-3)57-44(48)35-33-31-29-27-25-23-21-19-17-15-13-11-9-7-5-2;;/h42H,4-41H2,1-3H3,(H,46,49)(H,50,51);1H4;/q;;+1/p-1. The predicted octanol–water partition coefficient (Wildman–Crippen LogP) is 9.48. The zero-order valence-corrected chi connectivity index (χ0v) is 41.3. The predicted molar refractivity (Wildman–Crippen MR) is 237 cm³/mol. The third-order valence-corrected chi connectivity index (χ3v) is 11.2. The molecule has 14 heteroatoms. The van der Waals surface area contributed by atoms with Gasteiger partial charge in [-0.1, -0.05) is 201 Å². The summed E-state index contributed by atoms with van der Waals surface area (Å²) >= 11 is 0. The summed E-state index contributed by atoms with van der Waals surface area (Å²) in [4.78, 5) is 49.2. The number of phosphoric acid groups is 1. The van der Waals surface area contributed by atoms with Crippen LogP contribution in [0.1, 0.15) is 227 Å². The third-order valence-electron chi connectivity index (χ3n) is 10.3. The Morgan fingerprint density at radius 1 is 0.517 bits per heavy atom. The Morgan fingerprint density at radius 2 is 0.900 bits per heavy atom. The van der Waals surface area contributed by atoms with E-state index in [1.165, 1.54) is 148 Å². The summed E-state index contributed by atoms with van der Waals surface area (Å²) in [6.45, 7) is 3.36. The Morgan fingerprint density at radius 3 is 1.30 bits per heavy atom. The molecule has 0 aromatic carbocycles. The molecular formula is C46H91NNaO11P. The van der Waals surface area contributed by atoms with Crippen LogP contribution in [0.4, 0.5) is 4.79 Å². The summed E-state index contributed by atoms with van der Waals surface area (Å²) in [6.07, 6.45) is 35.3. The van der Waals surface area contributed by atoms with Gasteiger partial charge in [0.1, 0.15) is 13.2 Å². The minimum atomic E-state index is -4.82. The molecule has 12 nitrogen and oxygen atoms in total. The second-order valence-corrected chi connectivity index (χ2v) is 17.2. The number of esters is 2. The van der Waals surface area contributed by atoms with Crippen LogP contribution >= 0.6 is 7.82 Å². The van der Waals surface area contributed by atoms with Crippen molar-refractivity contribution in [3.8, 4) is 0 Å². The Labute approximate surface area is 390 Å². The summed E-state index contributed by atoms with van der Waals surface area (Å²) < 4.78 is 42.7. The van der Waals surface area contributed by atoms with Gasteiger partial charge in [-0.25, -0.2) is 4.79 Å². The molecule has 60 heavy (non-hydrogen) atoms. The minimum Gasteiger partial charge on any atom is -0.756 e. The van der Waals surface area contributed by atoms with Gasteiger partial charge >= 0.3 is 47.6 Å². The van der Waals surface area contributed by atoms with E-state index in [0.717, 1.165) is 38.5 Å². The number of ether oxygens (including phenoxy) is 4. The first-order valence-electron chi connectivity index (χ1n) is 23.6. The SMILES string of the molecule is C.CCCCCCCCCCCCCCCCCC(=O)OCC(COP(=O)([O-])OCCNC(=O)OCCOC)OC(=O)CCCCCCCCCCCCCCCCC.[Na+]. The van der Waals surface area contributed by atoms with Crippen LogP contribution in [0.2, 0.25) is 0 Å². The molecule has 0 bridgehead atoms. The van der Waals surface area contributed by atoms with Crippen molar-refractivity contribution in [3.05, 3.63) is 0 Å². The number of hydrogen-bond donors (Lipinski definition) is 1. The van der Waals surface area contributed by atoms with Crippen LogP contribution in [0.25, 0.3) is 0 Å². The van der Waals surface area contributed by atoms with Gasteiger partial charge in [0.15, 0.2) is 6.10 Å². The molecule has 0 aliphatic rings. The monoisotopic (exact) mass is 888 g/mol. The fraction of sp³-hybridized carbons (Fsp3) is 0.935. The van der Waals surface area contributed by atoms with Crippen LogP contribution in [0, 0.1) is 0 Å². The normalized spacial score (nSPS) is 12.5. The van der Waals surface area contributed by atoms with E-state index in [1.54, 1.807) is 0 Å². The topological polar surface area (TPSA) is 159 Å². The molecule has 352 valence electrons. The number of nitrogens with one attached hydrogen (secondary N) is 1. The van der Waals surface area contributed by atoms with Crippen LogP contribution in [0.3, 0.4) is 0 Å². The minimum absolute atomic E-state index is 0. The molecule has 2 atom stereocenters. The van der Waals surface area contributed by atoms with Crippen molar-refractivity contribution < 1.29 is 81.4 Å². The van der Waals surface area contributed by atoms with Gasteiger partial charge in [0.05, 0.1) is 19.8 Å². The van der Waals surface area contributed by atoms with Crippen LogP contribution in [-0.2, 0) is 42.1 Å². The van der Waals surface area contributed by atoms with Gasteiger partial charge in [-0.3, -0.25) is 14.2 Å². The van der Waals surface area contributed by atoms with E-state index in [4.69, 9.17) is 28.0 Å². The molecule has 1 amide bonds. The fourth-order valence-electron chi connectivity index (χ4n) is 6.69. The Hall–Kier alpha value is -0.720. The number of amides is 1. The number of alkyl carbamates (subject to hydrolysis) is 1. The van der Waals surface area contributed by atoms with Gasteiger partial charge < -0.3 is 38.2 Å². The molecule has 0 spiro atoms. The fourth-order valence-corrected chi connectivity index (χ4v) is 7.43. The molecule has 0 aromatic rings. The smallest absolute Gasteiger partial charge is 0.756 e. The summed E-state index contributed by atoms with van der Waals surface area (Å²) in [5.41, 5.74) is 0. The number of carbonyl (C=O) groups is 3. The molecule has 0 aliphatic carbocycles. The molecule has 0 saturated heterocycles. The van der Waals surface area contributed by atoms with Crippen molar-refractivity contribution in [1.29, 1.82) is 0 Å². The first kappa shape index (κ1) is 63.6. The number of carbonyl (C=O) groups excluding carboxylic acids is 3. The quantitative estimate of drug-likeness (QED) is 0.0204. The summed E-state index contributed by atoms with van der Waals surface area (Å²) in [6, 6.07) is 0.